The Bertz CT molecular complexity index is 430. The van der Waals surface area contributed by atoms with E-state index < -0.39 is 6.10 Å². The predicted molar refractivity (Wildman–Crippen MR) is 83.5 cm³/mol. The van der Waals surface area contributed by atoms with Gasteiger partial charge in [-0.1, -0.05) is 18.2 Å². The number of aliphatic hydroxyl groups excluding tert-OH is 1. The van der Waals surface area contributed by atoms with Crippen molar-refractivity contribution in [3.63, 3.8) is 0 Å². The van der Waals surface area contributed by atoms with Gasteiger partial charge in [-0.15, -0.1) is 0 Å². The summed E-state index contributed by atoms with van der Waals surface area (Å²) in [6, 6.07) is 8.94. The van der Waals surface area contributed by atoms with Crippen molar-refractivity contribution in [2.24, 2.45) is 0 Å². The van der Waals surface area contributed by atoms with Crippen LogP contribution in [0, 0.1) is 0 Å². The fourth-order valence-corrected chi connectivity index (χ4v) is 1.61. The second-order valence-corrected chi connectivity index (χ2v) is 4.90. The van der Waals surface area contributed by atoms with Gasteiger partial charge in [0.05, 0.1) is 6.17 Å². The number of urea groups is 1. The third-order valence-corrected chi connectivity index (χ3v) is 2.88. The van der Waals surface area contributed by atoms with Gasteiger partial charge in [-0.25, -0.2) is 4.79 Å². The summed E-state index contributed by atoms with van der Waals surface area (Å²) in [5.41, 5.74) is 0. The Morgan fingerprint density at radius 2 is 1.91 bits per heavy atom. The van der Waals surface area contributed by atoms with Crippen molar-refractivity contribution in [1.82, 2.24) is 16.0 Å². The van der Waals surface area contributed by atoms with Crippen LogP contribution in [0.1, 0.15) is 13.8 Å². The van der Waals surface area contributed by atoms with E-state index in [2.05, 4.69) is 16.0 Å². The number of benzene rings is 1. The molecule has 124 valence electrons. The van der Waals surface area contributed by atoms with Gasteiger partial charge in [0.1, 0.15) is 24.7 Å². The number of para-hydroxylation sites is 1. The summed E-state index contributed by atoms with van der Waals surface area (Å²) < 4.78 is 10.4. The van der Waals surface area contributed by atoms with Gasteiger partial charge in [0, 0.05) is 13.7 Å². The molecule has 1 aromatic rings. The highest BCUT2D eigenvalue weighted by molar-refractivity contribution is 5.74. The first kappa shape index (κ1) is 18.2. The van der Waals surface area contributed by atoms with Crippen LogP contribution < -0.4 is 20.7 Å². The highest BCUT2D eigenvalue weighted by Gasteiger charge is 2.11. The Morgan fingerprint density at radius 3 is 2.55 bits per heavy atom. The minimum atomic E-state index is -0.676. The lowest BCUT2D eigenvalue weighted by molar-refractivity contribution is 0.0934. The second kappa shape index (κ2) is 9.99. The van der Waals surface area contributed by atoms with Crippen molar-refractivity contribution in [3.05, 3.63) is 30.3 Å². The van der Waals surface area contributed by atoms with Gasteiger partial charge in [-0.3, -0.25) is 5.32 Å². The largest absolute Gasteiger partial charge is 0.491 e. The fourth-order valence-electron chi connectivity index (χ4n) is 1.61. The van der Waals surface area contributed by atoms with Crippen LogP contribution in [0.5, 0.6) is 5.75 Å². The van der Waals surface area contributed by atoms with Crippen LogP contribution in [0.4, 0.5) is 4.79 Å². The van der Waals surface area contributed by atoms with E-state index in [-0.39, 0.29) is 25.0 Å². The van der Waals surface area contributed by atoms with E-state index in [4.69, 9.17) is 9.47 Å². The molecule has 4 N–H and O–H groups in total. The lowest BCUT2D eigenvalue weighted by Gasteiger charge is -2.20. The van der Waals surface area contributed by atoms with Crippen LogP contribution in [0.15, 0.2) is 30.3 Å². The average molecular weight is 311 g/mol. The molecular weight excluding hydrogens is 286 g/mol. The number of ether oxygens (including phenoxy) is 2. The molecule has 0 radical (unpaired) electrons. The summed E-state index contributed by atoms with van der Waals surface area (Å²) in [7, 11) is 1.51. The Balaban J connectivity index is 2.17. The summed E-state index contributed by atoms with van der Waals surface area (Å²) in [6.07, 6.45) is -1.34. The molecule has 22 heavy (non-hydrogen) atoms. The van der Waals surface area contributed by atoms with Gasteiger partial charge >= 0.3 is 6.03 Å². The molecular formula is C15H25N3O4. The van der Waals surface area contributed by atoms with Gasteiger partial charge in [0.2, 0.25) is 0 Å². The third-order valence-electron chi connectivity index (χ3n) is 2.88. The van der Waals surface area contributed by atoms with Gasteiger partial charge in [0.15, 0.2) is 0 Å². The lowest BCUT2D eigenvalue weighted by Crippen LogP contribution is -2.51. The zero-order chi connectivity index (χ0) is 16.4. The molecule has 3 unspecified atom stereocenters. The quantitative estimate of drug-likeness (QED) is 0.503. The second-order valence-electron chi connectivity index (χ2n) is 4.90. The smallest absolute Gasteiger partial charge is 0.318 e. The van der Waals surface area contributed by atoms with E-state index in [0.29, 0.717) is 12.3 Å². The number of amides is 2. The lowest BCUT2D eigenvalue weighted by atomic mass is 10.3. The van der Waals surface area contributed by atoms with E-state index >= 15 is 0 Å². The predicted octanol–water partition coefficient (Wildman–Crippen LogP) is 0.654. The molecule has 0 spiro atoms. The van der Waals surface area contributed by atoms with Crippen LogP contribution in [0.25, 0.3) is 0 Å². The highest BCUT2D eigenvalue weighted by atomic mass is 16.5. The zero-order valence-corrected chi connectivity index (χ0v) is 13.2. The molecule has 7 nitrogen and oxygen atoms in total. The van der Waals surface area contributed by atoms with Gasteiger partial charge < -0.3 is 25.2 Å². The van der Waals surface area contributed by atoms with Crippen LogP contribution in [-0.2, 0) is 4.74 Å². The Labute approximate surface area is 131 Å². The first-order chi connectivity index (χ1) is 10.5. The van der Waals surface area contributed by atoms with E-state index in [1.54, 1.807) is 13.8 Å². The van der Waals surface area contributed by atoms with E-state index in [9.17, 15) is 9.90 Å². The van der Waals surface area contributed by atoms with Crippen LogP contribution in [0.3, 0.4) is 0 Å². The van der Waals surface area contributed by atoms with Crippen LogP contribution in [0.2, 0.25) is 0 Å². The SMILES string of the molecule is COC(C)NC(=O)NC(C)NCC(O)COc1ccccc1. The summed E-state index contributed by atoms with van der Waals surface area (Å²) >= 11 is 0. The first-order valence-electron chi connectivity index (χ1n) is 7.20. The molecule has 7 heteroatoms. The Kier molecular flexibility index (Phi) is 8.27. The molecule has 0 aliphatic heterocycles. The van der Waals surface area contributed by atoms with Gasteiger partial charge in [-0.2, -0.15) is 0 Å². The van der Waals surface area contributed by atoms with Crippen molar-refractivity contribution >= 4 is 6.03 Å². The molecule has 0 saturated carbocycles. The number of hydrogen-bond acceptors (Lipinski definition) is 5. The number of methoxy groups -OCH3 is 1. The third kappa shape index (κ3) is 7.82. The number of aliphatic hydroxyl groups is 1. The summed E-state index contributed by atoms with van der Waals surface area (Å²) in [5, 5.41) is 18.1. The number of carbonyl (C=O) groups is 1. The molecule has 3 atom stereocenters. The minimum absolute atomic E-state index is 0.177. The van der Waals surface area contributed by atoms with Crippen molar-refractivity contribution < 1.29 is 19.4 Å². The summed E-state index contributed by atoms with van der Waals surface area (Å²) in [6.45, 7) is 3.98. The maximum atomic E-state index is 11.5. The molecule has 0 aliphatic carbocycles. The average Bonchev–Trinajstić information content (AvgIpc) is 2.51. The topological polar surface area (TPSA) is 91.9 Å². The normalized spacial score (nSPS) is 14.7. The Hall–Kier alpha value is -1.83. The maximum Gasteiger partial charge on any atom is 0.318 e. The summed E-state index contributed by atoms with van der Waals surface area (Å²) in [5.74, 6) is 0.709. The van der Waals surface area contributed by atoms with Gasteiger partial charge in [-0.05, 0) is 26.0 Å². The molecule has 0 saturated heterocycles. The standard InChI is InChI=1S/C15H25N3O4/c1-11(17-15(20)18-12(2)21-3)16-9-13(19)10-22-14-7-5-4-6-8-14/h4-8,11-13,16,19H,9-10H2,1-3H3,(H2,17,18,20). The molecule has 0 aromatic heterocycles. The van der Waals surface area contributed by atoms with Crippen LogP contribution in [-0.4, -0.2) is 49.9 Å². The molecule has 0 fully saturated rings. The monoisotopic (exact) mass is 311 g/mol. The number of carbonyl (C=O) groups excluding carboxylic acids is 1. The van der Waals surface area contributed by atoms with Crippen molar-refractivity contribution in [2.75, 3.05) is 20.3 Å². The maximum absolute atomic E-state index is 11.5. The van der Waals surface area contributed by atoms with E-state index in [1.807, 2.05) is 30.3 Å². The molecule has 0 bridgehead atoms. The molecule has 1 rings (SSSR count). The zero-order valence-electron chi connectivity index (χ0n) is 13.2. The Morgan fingerprint density at radius 1 is 1.23 bits per heavy atom. The van der Waals surface area contributed by atoms with E-state index in [1.165, 1.54) is 7.11 Å². The van der Waals surface area contributed by atoms with Crippen molar-refractivity contribution in [2.45, 2.75) is 32.3 Å². The number of nitrogens with one attached hydrogen (secondary N) is 3. The molecule has 0 aliphatic rings. The molecule has 2 amide bonds. The van der Waals surface area contributed by atoms with E-state index in [0.717, 1.165) is 0 Å². The molecule has 0 heterocycles. The van der Waals surface area contributed by atoms with Crippen LogP contribution >= 0.6 is 0 Å². The number of rotatable bonds is 9. The van der Waals surface area contributed by atoms with Crippen molar-refractivity contribution in [3.8, 4) is 5.75 Å². The van der Waals surface area contributed by atoms with Gasteiger partial charge in [0.25, 0.3) is 0 Å². The first-order valence-corrected chi connectivity index (χ1v) is 7.20. The fraction of sp³-hybridized carbons (Fsp3) is 0.533. The van der Waals surface area contributed by atoms with Crippen molar-refractivity contribution in [1.29, 1.82) is 0 Å². The summed E-state index contributed by atoms with van der Waals surface area (Å²) in [4.78, 5) is 11.5. The molecule has 1 aromatic carbocycles. The number of hydrogen-bond donors (Lipinski definition) is 4. The minimum Gasteiger partial charge on any atom is -0.491 e. The highest BCUT2D eigenvalue weighted by Crippen LogP contribution is 2.08.